The van der Waals surface area contributed by atoms with Gasteiger partial charge >= 0.3 is 0 Å². The van der Waals surface area contributed by atoms with Gasteiger partial charge in [-0.25, -0.2) is 0 Å². The fourth-order valence-electron chi connectivity index (χ4n) is 2.04. The average Bonchev–Trinajstić information content (AvgIpc) is 2.85. The Bertz CT molecular complexity index is 366. The van der Waals surface area contributed by atoms with E-state index >= 15 is 0 Å². The summed E-state index contributed by atoms with van der Waals surface area (Å²) in [7, 11) is 0. The van der Waals surface area contributed by atoms with Crippen molar-refractivity contribution in [2.24, 2.45) is 5.73 Å². The Kier molecular flexibility index (Phi) is 3.56. The summed E-state index contributed by atoms with van der Waals surface area (Å²) >= 11 is 3.51. The van der Waals surface area contributed by atoms with Crippen LogP contribution in [0.25, 0.3) is 0 Å². The van der Waals surface area contributed by atoms with E-state index in [9.17, 15) is 4.79 Å². The molecule has 1 aromatic heterocycles. The average molecular weight is 256 g/mol. The van der Waals surface area contributed by atoms with Crippen molar-refractivity contribution in [3.05, 3.63) is 22.4 Å². The Hall–Kier alpha value is -0.520. The standard InChI is InChI=1S/C11H16N2OS2/c1-8-11(10(12)14,4-6-15-8)13-7-9-3-2-5-16-9/h2-3,5,8,13H,4,6-7H2,1H3,(H2,12,14). The molecule has 2 atom stereocenters. The predicted molar refractivity (Wildman–Crippen MR) is 69.6 cm³/mol. The highest BCUT2D eigenvalue weighted by Crippen LogP contribution is 2.35. The zero-order valence-electron chi connectivity index (χ0n) is 9.23. The van der Waals surface area contributed by atoms with Crippen LogP contribution in [0.3, 0.4) is 0 Å². The second kappa shape index (κ2) is 4.77. The van der Waals surface area contributed by atoms with E-state index in [-0.39, 0.29) is 11.2 Å². The summed E-state index contributed by atoms with van der Waals surface area (Å²) in [5.41, 5.74) is 5.03. The van der Waals surface area contributed by atoms with Crippen molar-refractivity contribution in [1.29, 1.82) is 0 Å². The van der Waals surface area contributed by atoms with Crippen LogP contribution in [0.2, 0.25) is 0 Å². The maximum Gasteiger partial charge on any atom is 0.238 e. The quantitative estimate of drug-likeness (QED) is 0.860. The molecule has 3 nitrogen and oxygen atoms in total. The van der Waals surface area contributed by atoms with Crippen LogP contribution >= 0.6 is 23.1 Å². The predicted octanol–water partition coefficient (Wildman–Crippen LogP) is 1.59. The molecule has 1 aliphatic heterocycles. The van der Waals surface area contributed by atoms with E-state index in [0.717, 1.165) is 18.7 Å². The van der Waals surface area contributed by atoms with Gasteiger partial charge in [-0.3, -0.25) is 10.1 Å². The van der Waals surface area contributed by atoms with Gasteiger partial charge in [0.05, 0.1) is 0 Å². The fourth-order valence-corrected chi connectivity index (χ4v) is 4.08. The number of thiophene rings is 1. The van der Waals surface area contributed by atoms with Gasteiger partial charge in [0.15, 0.2) is 0 Å². The van der Waals surface area contributed by atoms with E-state index in [1.54, 1.807) is 11.3 Å². The summed E-state index contributed by atoms with van der Waals surface area (Å²) < 4.78 is 0. The van der Waals surface area contributed by atoms with E-state index in [1.165, 1.54) is 4.88 Å². The summed E-state index contributed by atoms with van der Waals surface area (Å²) in [5.74, 6) is 0.781. The third kappa shape index (κ3) is 2.12. The molecule has 1 amide bonds. The number of primary amides is 1. The first-order chi connectivity index (χ1) is 7.65. The lowest BCUT2D eigenvalue weighted by Crippen LogP contribution is -2.58. The van der Waals surface area contributed by atoms with Crippen LogP contribution in [0.1, 0.15) is 18.2 Å². The highest BCUT2D eigenvalue weighted by Gasteiger charge is 2.45. The van der Waals surface area contributed by atoms with Gasteiger partial charge < -0.3 is 5.73 Å². The van der Waals surface area contributed by atoms with Gasteiger partial charge in [0.2, 0.25) is 5.91 Å². The van der Waals surface area contributed by atoms with Crippen molar-refractivity contribution in [1.82, 2.24) is 5.32 Å². The second-order valence-electron chi connectivity index (χ2n) is 4.03. The maximum absolute atomic E-state index is 11.6. The molecule has 1 aliphatic rings. The number of hydrogen-bond acceptors (Lipinski definition) is 4. The van der Waals surface area contributed by atoms with Gasteiger partial charge in [0, 0.05) is 16.7 Å². The van der Waals surface area contributed by atoms with Crippen LogP contribution in [-0.4, -0.2) is 22.4 Å². The van der Waals surface area contributed by atoms with Crippen molar-refractivity contribution in [3.8, 4) is 0 Å². The first-order valence-corrected chi connectivity index (χ1v) is 7.27. The molecule has 2 unspecified atom stereocenters. The minimum absolute atomic E-state index is 0.221. The van der Waals surface area contributed by atoms with Crippen LogP contribution in [0.5, 0.6) is 0 Å². The molecule has 1 saturated heterocycles. The lowest BCUT2D eigenvalue weighted by Gasteiger charge is -2.30. The molecule has 0 aromatic carbocycles. The van der Waals surface area contributed by atoms with Crippen LogP contribution in [0.4, 0.5) is 0 Å². The third-order valence-corrected chi connectivity index (χ3v) is 5.37. The smallest absolute Gasteiger partial charge is 0.238 e. The van der Waals surface area contributed by atoms with Crippen molar-refractivity contribution >= 4 is 29.0 Å². The first kappa shape index (κ1) is 12.0. The van der Waals surface area contributed by atoms with Crippen LogP contribution in [0, 0.1) is 0 Å². The van der Waals surface area contributed by atoms with E-state index in [1.807, 2.05) is 23.2 Å². The molecule has 88 valence electrons. The Morgan fingerprint density at radius 1 is 1.75 bits per heavy atom. The third-order valence-electron chi connectivity index (χ3n) is 3.16. The highest BCUT2D eigenvalue weighted by atomic mass is 32.2. The summed E-state index contributed by atoms with van der Waals surface area (Å²) in [5, 5.41) is 5.66. The van der Waals surface area contributed by atoms with Gasteiger partial charge in [-0.1, -0.05) is 13.0 Å². The zero-order chi connectivity index (χ0) is 11.6. The van der Waals surface area contributed by atoms with Gasteiger partial charge in [-0.2, -0.15) is 11.8 Å². The highest BCUT2D eigenvalue weighted by molar-refractivity contribution is 8.00. The van der Waals surface area contributed by atoms with Gasteiger partial charge in [-0.15, -0.1) is 11.3 Å². The number of carbonyl (C=O) groups is 1. The number of amides is 1. The van der Waals surface area contributed by atoms with Gasteiger partial charge in [-0.05, 0) is 23.6 Å². The molecule has 2 heterocycles. The van der Waals surface area contributed by atoms with E-state index in [4.69, 9.17) is 5.73 Å². The van der Waals surface area contributed by atoms with Gasteiger partial charge in [0.25, 0.3) is 0 Å². The monoisotopic (exact) mass is 256 g/mol. The van der Waals surface area contributed by atoms with E-state index in [0.29, 0.717) is 0 Å². The molecular formula is C11H16N2OS2. The van der Waals surface area contributed by atoms with Crippen LogP contribution in [0.15, 0.2) is 17.5 Å². The Morgan fingerprint density at radius 2 is 2.56 bits per heavy atom. The molecule has 0 spiro atoms. The van der Waals surface area contributed by atoms with Crippen molar-refractivity contribution in [2.75, 3.05) is 5.75 Å². The molecule has 2 rings (SSSR count). The van der Waals surface area contributed by atoms with Gasteiger partial charge in [0.1, 0.15) is 5.54 Å². The molecule has 1 aromatic rings. The lowest BCUT2D eigenvalue weighted by molar-refractivity contribution is -0.124. The Balaban J connectivity index is 2.06. The lowest BCUT2D eigenvalue weighted by atomic mass is 9.92. The molecule has 1 fully saturated rings. The van der Waals surface area contributed by atoms with Crippen molar-refractivity contribution in [2.45, 2.75) is 30.7 Å². The number of nitrogens with one attached hydrogen (secondary N) is 1. The Labute approximate surface area is 104 Å². The molecule has 0 radical (unpaired) electrons. The van der Waals surface area contributed by atoms with Crippen molar-refractivity contribution in [3.63, 3.8) is 0 Å². The molecule has 0 saturated carbocycles. The number of carbonyl (C=O) groups excluding carboxylic acids is 1. The van der Waals surface area contributed by atoms with E-state index < -0.39 is 5.54 Å². The molecule has 0 bridgehead atoms. The number of hydrogen-bond donors (Lipinski definition) is 2. The normalized spacial score (nSPS) is 29.4. The van der Waals surface area contributed by atoms with Crippen LogP contribution in [-0.2, 0) is 11.3 Å². The summed E-state index contributed by atoms with van der Waals surface area (Å²) in [6.45, 7) is 2.80. The summed E-state index contributed by atoms with van der Waals surface area (Å²) in [6, 6.07) is 4.09. The summed E-state index contributed by atoms with van der Waals surface area (Å²) in [4.78, 5) is 12.9. The number of rotatable bonds is 4. The minimum atomic E-state index is -0.519. The first-order valence-electron chi connectivity index (χ1n) is 5.34. The number of thioether (sulfide) groups is 1. The molecule has 3 N–H and O–H groups in total. The maximum atomic E-state index is 11.6. The largest absolute Gasteiger partial charge is 0.368 e. The zero-order valence-corrected chi connectivity index (χ0v) is 10.9. The molecular weight excluding hydrogens is 240 g/mol. The minimum Gasteiger partial charge on any atom is -0.368 e. The summed E-state index contributed by atoms with van der Waals surface area (Å²) in [6.07, 6.45) is 0.833. The molecule has 0 aliphatic carbocycles. The van der Waals surface area contributed by atoms with Crippen molar-refractivity contribution < 1.29 is 4.79 Å². The van der Waals surface area contributed by atoms with E-state index in [2.05, 4.69) is 18.3 Å². The fraction of sp³-hybridized carbons (Fsp3) is 0.545. The topological polar surface area (TPSA) is 55.1 Å². The second-order valence-corrected chi connectivity index (χ2v) is 6.51. The number of nitrogens with two attached hydrogens (primary N) is 1. The molecule has 5 heteroatoms. The Morgan fingerprint density at radius 3 is 3.06 bits per heavy atom. The van der Waals surface area contributed by atoms with Crippen LogP contribution < -0.4 is 11.1 Å². The molecule has 16 heavy (non-hydrogen) atoms. The SMILES string of the molecule is CC1SCCC1(NCc1cccs1)C(N)=O.